The smallest absolute Gasteiger partial charge is 0.0771 e. The molecule has 4 heteroatoms. The minimum Gasteiger partial charge on any atom is -0.305 e. The number of aromatic nitrogens is 2. The molecule has 1 saturated heterocycles. The van der Waals surface area contributed by atoms with Gasteiger partial charge in [0, 0.05) is 18.5 Å². The van der Waals surface area contributed by atoms with Crippen molar-refractivity contribution in [3.05, 3.63) is 82.3 Å². The molecule has 0 unspecified atom stereocenters. The van der Waals surface area contributed by atoms with E-state index in [1.807, 2.05) is 19.9 Å². The number of nitrogens with one attached hydrogen (secondary N) is 1. The Kier molecular flexibility index (Phi) is 11.0. The van der Waals surface area contributed by atoms with Gasteiger partial charge in [-0.2, -0.15) is 10.2 Å². The van der Waals surface area contributed by atoms with Gasteiger partial charge in [0.1, 0.15) is 0 Å². The van der Waals surface area contributed by atoms with Gasteiger partial charge in [-0.05, 0) is 117 Å². The molecule has 2 rings (SSSR count). The van der Waals surface area contributed by atoms with E-state index < -0.39 is 0 Å². The molecule has 2 heterocycles. The van der Waals surface area contributed by atoms with Gasteiger partial charge >= 0.3 is 0 Å². The molecule has 0 atom stereocenters. The molecule has 0 bridgehead atoms. The highest BCUT2D eigenvalue weighted by Gasteiger charge is 2.24. The van der Waals surface area contributed by atoms with Crippen LogP contribution in [0.4, 0.5) is 0 Å². The van der Waals surface area contributed by atoms with Crippen LogP contribution in [0.5, 0.6) is 0 Å². The molecule has 0 aliphatic carbocycles. The maximum absolute atomic E-state index is 7.93. The molecular formula is C31H46N4. The van der Waals surface area contributed by atoms with Crippen LogP contribution in [0.3, 0.4) is 0 Å². The lowest BCUT2D eigenvalue weighted by Crippen LogP contribution is -2.34. The first-order valence-corrected chi connectivity index (χ1v) is 13.1. The molecule has 0 aromatic carbocycles. The first-order chi connectivity index (χ1) is 16.5. The molecular weight excluding hydrogens is 428 g/mol. The third-order valence-electron chi connectivity index (χ3n) is 7.11. The van der Waals surface area contributed by atoms with Gasteiger partial charge in [-0.3, -0.25) is 4.90 Å². The number of likely N-dealkylation sites (tertiary alicyclic amines) is 1. The van der Waals surface area contributed by atoms with Crippen molar-refractivity contribution in [3.63, 3.8) is 0 Å². The summed E-state index contributed by atoms with van der Waals surface area (Å²) < 4.78 is 0. The zero-order valence-electron chi connectivity index (χ0n) is 23.3. The highest BCUT2D eigenvalue weighted by atomic mass is 15.2. The van der Waals surface area contributed by atoms with E-state index in [0.29, 0.717) is 23.5 Å². The molecule has 0 saturated carbocycles. The normalized spacial score (nSPS) is 17.7. The third kappa shape index (κ3) is 8.24. The summed E-state index contributed by atoms with van der Waals surface area (Å²) >= 11 is 0. The molecule has 35 heavy (non-hydrogen) atoms. The van der Waals surface area contributed by atoms with Crippen LogP contribution in [0.15, 0.2) is 76.6 Å². The topological polar surface area (TPSA) is 52.9 Å². The lowest BCUT2D eigenvalue weighted by molar-refractivity contribution is 0.190. The molecule has 1 aromatic rings. The van der Waals surface area contributed by atoms with Crippen molar-refractivity contribution < 1.29 is 0 Å². The van der Waals surface area contributed by atoms with Crippen LogP contribution >= 0.6 is 0 Å². The molecule has 1 aromatic heterocycles. The van der Waals surface area contributed by atoms with Crippen LogP contribution in [0.2, 0.25) is 0 Å². The second-order valence-corrected chi connectivity index (χ2v) is 10.5. The standard InChI is InChI=1S/C31H46N4/c1-10-27(28-13-16-35(17-14-28)20-29-12-11-15-33-34-29)19-30(21(2)3)31(22(4)5)25(8)23(6)18-24(7)26(9)32/h10-12,15,18-19,21-22,28,32H,6,13-14,16-17,20H2,1-5,7-9H3/b24-18-,27-10+,30-19+,31-25+,32-26?. The Morgan fingerprint density at radius 1 is 1.11 bits per heavy atom. The first-order valence-electron chi connectivity index (χ1n) is 13.1. The van der Waals surface area contributed by atoms with Gasteiger partial charge in [0.25, 0.3) is 0 Å². The van der Waals surface area contributed by atoms with Gasteiger partial charge in [0.2, 0.25) is 0 Å². The summed E-state index contributed by atoms with van der Waals surface area (Å²) in [5, 5.41) is 16.2. The van der Waals surface area contributed by atoms with Crippen molar-refractivity contribution in [2.45, 2.75) is 74.8 Å². The number of hydrogen-bond acceptors (Lipinski definition) is 4. The maximum Gasteiger partial charge on any atom is 0.0771 e. The summed E-state index contributed by atoms with van der Waals surface area (Å²) in [5.74, 6) is 1.38. The Labute approximate surface area is 214 Å². The lowest BCUT2D eigenvalue weighted by Gasteiger charge is -2.33. The van der Waals surface area contributed by atoms with Crippen molar-refractivity contribution >= 4 is 5.71 Å². The first kappa shape index (κ1) is 28.6. The number of nitrogens with zero attached hydrogens (tertiary/aromatic N) is 3. The summed E-state index contributed by atoms with van der Waals surface area (Å²) in [4.78, 5) is 2.49. The van der Waals surface area contributed by atoms with Crippen LogP contribution in [-0.2, 0) is 6.54 Å². The lowest BCUT2D eigenvalue weighted by atomic mass is 9.80. The molecule has 0 spiro atoms. The van der Waals surface area contributed by atoms with Crippen LogP contribution in [0, 0.1) is 23.2 Å². The third-order valence-corrected chi connectivity index (χ3v) is 7.11. The Morgan fingerprint density at radius 2 is 1.77 bits per heavy atom. The minimum absolute atomic E-state index is 0.391. The molecule has 190 valence electrons. The Bertz CT molecular complexity index is 998. The van der Waals surface area contributed by atoms with Crippen LogP contribution < -0.4 is 0 Å². The fourth-order valence-corrected chi connectivity index (χ4v) is 4.88. The summed E-state index contributed by atoms with van der Waals surface area (Å²) in [7, 11) is 0. The number of piperidine rings is 1. The summed E-state index contributed by atoms with van der Waals surface area (Å²) in [6, 6.07) is 4.02. The number of hydrogen-bond donors (Lipinski definition) is 1. The van der Waals surface area contributed by atoms with Gasteiger partial charge in [-0.1, -0.05) is 52.5 Å². The molecule has 1 aliphatic rings. The average Bonchev–Trinajstić information content (AvgIpc) is 2.82. The van der Waals surface area contributed by atoms with Crippen molar-refractivity contribution in [3.8, 4) is 0 Å². The molecule has 0 amide bonds. The van der Waals surface area contributed by atoms with Crippen molar-refractivity contribution in [1.29, 1.82) is 5.41 Å². The second kappa shape index (κ2) is 13.5. The van der Waals surface area contributed by atoms with Gasteiger partial charge in [0.15, 0.2) is 0 Å². The predicted octanol–water partition coefficient (Wildman–Crippen LogP) is 7.73. The van der Waals surface area contributed by atoms with Crippen molar-refractivity contribution in [2.75, 3.05) is 13.1 Å². The maximum atomic E-state index is 7.93. The highest BCUT2D eigenvalue weighted by Crippen LogP contribution is 2.35. The zero-order chi connectivity index (χ0) is 26.1. The SMILES string of the molecule is C=C(/C=C(/C)C(C)=N)/C(C)=C(/C(=C/C(=C\C)C1CCN(Cc2cccnn2)CC1)C(C)C)C(C)C. The summed E-state index contributed by atoms with van der Waals surface area (Å²) in [5.41, 5.74) is 9.08. The predicted molar refractivity (Wildman–Crippen MR) is 151 cm³/mol. The Balaban J connectivity index is 2.29. The summed E-state index contributed by atoms with van der Waals surface area (Å²) in [6.07, 6.45) is 10.9. The monoisotopic (exact) mass is 474 g/mol. The van der Waals surface area contributed by atoms with Crippen molar-refractivity contribution in [1.82, 2.24) is 15.1 Å². The molecule has 1 aliphatic heterocycles. The van der Waals surface area contributed by atoms with E-state index in [-0.39, 0.29) is 0 Å². The Morgan fingerprint density at radius 3 is 2.26 bits per heavy atom. The van der Waals surface area contributed by atoms with E-state index in [0.717, 1.165) is 49.3 Å². The van der Waals surface area contributed by atoms with E-state index in [1.54, 1.807) is 6.20 Å². The van der Waals surface area contributed by atoms with Crippen molar-refractivity contribution in [2.24, 2.45) is 17.8 Å². The second-order valence-electron chi connectivity index (χ2n) is 10.5. The molecule has 1 N–H and O–H groups in total. The molecule has 4 nitrogen and oxygen atoms in total. The van der Waals surface area contributed by atoms with Gasteiger partial charge in [-0.25, -0.2) is 0 Å². The van der Waals surface area contributed by atoms with E-state index in [1.165, 1.54) is 22.3 Å². The minimum atomic E-state index is 0.391. The van der Waals surface area contributed by atoms with Crippen LogP contribution in [0.25, 0.3) is 0 Å². The fourth-order valence-electron chi connectivity index (χ4n) is 4.88. The largest absolute Gasteiger partial charge is 0.305 e. The quantitative estimate of drug-likeness (QED) is 0.279. The Hall–Kier alpha value is -2.59. The number of rotatable bonds is 10. The average molecular weight is 475 g/mol. The van der Waals surface area contributed by atoms with E-state index in [2.05, 4.69) is 87.5 Å². The zero-order valence-corrected chi connectivity index (χ0v) is 23.3. The highest BCUT2D eigenvalue weighted by molar-refractivity contribution is 5.95. The molecule has 0 radical (unpaired) electrons. The fraction of sp³-hybridized carbons (Fsp3) is 0.516. The van der Waals surface area contributed by atoms with E-state index >= 15 is 0 Å². The van der Waals surface area contributed by atoms with Crippen LogP contribution in [0.1, 0.15) is 73.9 Å². The van der Waals surface area contributed by atoms with E-state index in [4.69, 9.17) is 5.41 Å². The van der Waals surface area contributed by atoms with Gasteiger partial charge < -0.3 is 5.41 Å². The summed E-state index contributed by atoms with van der Waals surface area (Å²) in [6.45, 7) is 24.7. The van der Waals surface area contributed by atoms with E-state index in [9.17, 15) is 0 Å². The van der Waals surface area contributed by atoms with Gasteiger partial charge in [-0.15, -0.1) is 0 Å². The van der Waals surface area contributed by atoms with Gasteiger partial charge in [0.05, 0.1) is 5.69 Å². The molecule has 1 fully saturated rings. The number of allylic oxidation sites excluding steroid dienone is 9. The van der Waals surface area contributed by atoms with Crippen LogP contribution in [-0.4, -0.2) is 33.9 Å².